The largest absolute Gasteiger partial charge is 0.460 e. The van der Waals surface area contributed by atoms with Crippen LogP contribution >= 0.6 is 11.8 Å². The van der Waals surface area contributed by atoms with Gasteiger partial charge in [0, 0.05) is 0 Å². The zero-order valence-corrected chi connectivity index (χ0v) is 9.71. The summed E-state index contributed by atoms with van der Waals surface area (Å²) in [5, 5.41) is 0. The number of carbonyl (C=O) groups excluding carboxylic acids is 1. The van der Waals surface area contributed by atoms with Gasteiger partial charge in [-0.15, -0.1) is 0 Å². The van der Waals surface area contributed by atoms with Crippen molar-refractivity contribution >= 4 is 17.7 Å². The highest BCUT2D eigenvalue weighted by atomic mass is 32.2. The molecule has 0 radical (unpaired) electrons. The highest BCUT2D eigenvalue weighted by Crippen LogP contribution is 2.32. The van der Waals surface area contributed by atoms with Gasteiger partial charge in [-0.25, -0.2) is 0 Å². The zero-order chi connectivity index (χ0) is 11.4. The third kappa shape index (κ3) is 2.61. The first-order valence-corrected chi connectivity index (χ1v) is 6.22. The summed E-state index contributed by atoms with van der Waals surface area (Å²) < 4.78 is 15.5. The summed E-state index contributed by atoms with van der Waals surface area (Å²) in [6.45, 7) is 0.529. The minimum Gasteiger partial charge on any atom is -0.460 e. The number of thioether (sulfide) groups is 1. The van der Waals surface area contributed by atoms with Gasteiger partial charge in [0.05, 0.1) is 5.75 Å². The fourth-order valence-electron chi connectivity index (χ4n) is 1.35. The zero-order valence-electron chi connectivity index (χ0n) is 8.89. The quantitative estimate of drug-likeness (QED) is 0.751. The summed E-state index contributed by atoms with van der Waals surface area (Å²) in [5.74, 6) is 1.62. The molecule has 4 nitrogen and oxygen atoms in total. The van der Waals surface area contributed by atoms with Gasteiger partial charge in [-0.05, 0) is 24.0 Å². The summed E-state index contributed by atoms with van der Waals surface area (Å²) in [7, 11) is 0. The molecular weight excluding hydrogens is 228 g/mol. The van der Waals surface area contributed by atoms with Crippen LogP contribution < -0.4 is 9.47 Å². The molecule has 0 saturated heterocycles. The van der Waals surface area contributed by atoms with Gasteiger partial charge in [0.1, 0.15) is 6.61 Å². The highest BCUT2D eigenvalue weighted by Gasteiger charge is 2.13. The van der Waals surface area contributed by atoms with E-state index < -0.39 is 0 Å². The van der Waals surface area contributed by atoms with E-state index in [9.17, 15) is 4.79 Å². The van der Waals surface area contributed by atoms with Crippen molar-refractivity contribution in [3.8, 4) is 11.5 Å². The third-order valence-electron chi connectivity index (χ3n) is 2.10. The van der Waals surface area contributed by atoms with Crippen molar-refractivity contribution in [2.45, 2.75) is 6.61 Å². The summed E-state index contributed by atoms with van der Waals surface area (Å²) in [5.41, 5.74) is 0.902. The number of esters is 1. The first kappa shape index (κ1) is 11.1. The lowest BCUT2D eigenvalue weighted by molar-refractivity contribution is -0.141. The molecule has 1 aromatic rings. The van der Waals surface area contributed by atoms with Crippen LogP contribution in [-0.4, -0.2) is 24.8 Å². The molecule has 0 amide bonds. The standard InChI is InChI=1S/C11H12O4S/c1-16-6-11(12)13-5-8-2-3-9-10(4-8)15-7-14-9/h2-4H,5-7H2,1H3. The normalized spacial score (nSPS) is 12.6. The average molecular weight is 240 g/mol. The molecule has 86 valence electrons. The maximum atomic E-state index is 11.2. The first-order chi connectivity index (χ1) is 7.79. The van der Waals surface area contributed by atoms with Crippen LogP contribution in [0, 0.1) is 0 Å². The smallest absolute Gasteiger partial charge is 0.316 e. The molecule has 1 heterocycles. The van der Waals surface area contributed by atoms with Crippen molar-refractivity contribution in [2.75, 3.05) is 18.8 Å². The molecule has 0 fully saturated rings. The van der Waals surface area contributed by atoms with Crippen molar-refractivity contribution in [3.63, 3.8) is 0 Å². The van der Waals surface area contributed by atoms with Crippen molar-refractivity contribution in [3.05, 3.63) is 23.8 Å². The summed E-state index contributed by atoms with van der Waals surface area (Å²) in [6.07, 6.45) is 1.86. The molecule has 0 bridgehead atoms. The van der Waals surface area contributed by atoms with Crippen LogP contribution in [0.4, 0.5) is 0 Å². The van der Waals surface area contributed by atoms with Gasteiger partial charge in [-0.3, -0.25) is 4.79 Å². The second-order valence-corrected chi connectivity index (χ2v) is 4.15. The third-order valence-corrected chi connectivity index (χ3v) is 2.62. The van der Waals surface area contributed by atoms with Gasteiger partial charge in [0.25, 0.3) is 0 Å². The molecule has 0 spiro atoms. The molecule has 1 aliphatic rings. The van der Waals surface area contributed by atoms with E-state index in [1.165, 1.54) is 11.8 Å². The van der Waals surface area contributed by atoms with E-state index in [0.29, 0.717) is 11.5 Å². The molecule has 0 aromatic heterocycles. The van der Waals surface area contributed by atoms with Crippen LogP contribution in [0.3, 0.4) is 0 Å². The van der Waals surface area contributed by atoms with E-state index in [1.54, 1.807) is 0 Å². The molecule has 1 aliphatic heterocycles. The maximum absolute atomic E-state index is 11.2. The van der Waals surface area contributed by atoms with E-state index in [4.69, 9.17) is 14.2 Å². The lowest BCUT2D eigenvalue weighted by atomic mass is 10.2. The number of carbonyl (C=O) groups is 1. The summed E-state index contributed by atoms with van der Waals surface area (Å²) >= 11 is 1.45. The fourth-order valence-corrected chi connectivity index (χ4v) is 1.67. The van der Waals surface area contributed by atoms with E-state index in [0.717, 1.165) is 11.3 Å². The Morgan fingerprint density at radius 3 is 3.06 bits per heavy atom. The topological polar surface area (TPSA) is 44.8 Å². The SMILES string of the molecule is CSCC(=O)OCc1ccc2c(c1)OCO2. The minimum absolute atomic E-state index is 0.204. The Bertz CT molecular complexity index is 392. The second kappa shape index (κ2) is 5.12. The van der Waals surface area contributed by atoms with Crippen LogP contribution in [0.5, 0.6) is 11.5 Å². The van der Waals surface area contributed by atoms with Crippen molar-refractivity contribution in [1.82, 2.24) is 0 Å². The molecule has 0 unspecified atom stereocenters. The lowest BCUT2D eigenvalue weighted by Crippen LogP contribution is -2.06. The number of hydrogen-bond donors (Lipinski definition) is 0. The van der Waals surface area contributed by atoms with Crippen molar-refractivity contribution in [2.24, 2.45) is 0 Å². The van der Waals surface area contributed by atoms with Crippen LogP contribution in [0.15, 0.2) is 18.2 Å². The van der Waals surface area contributed by atoms with Gasteiger partial charge in [-0.2, -0.15) is 11.8 Å². The molecule has 0 saturated carbocycles. The molecule has 2 rings (SSSR count). The Balaban J connectivity index is 1.93. The Hall–Kier alpha value is -1.36. The van der Waals surface area contributed by atoms with Gasteiger partial charge < -0.3 is 14.2 Å². The van der Waals surface area contributed by atoms with Crippen LogP contribution in [0.2, 0.25) is 0 Å². The van der Waals surface area contributed by atoms with Gasteiger partial charge in [0.2, 0.25) is 6.79 Å². The van der Waals surface area contributed by atoms with E-state index in [1.807, 2.05) is 24.5 Å². The molecule has 5 heteroatoms. The van der Waals surface area contributed by atoms with Crippen molar-refractivity contribution < 1.29 is 19.0 Å². The van der Waals surface area contributed by atoms with E-state index in [-0.39, 0.29) is 19.4 Å². The summed E-state index contributed by atoms with van der Waals surface area (Å²) in [4.78, 5) is 11.2. The predicted molar refractivity (Wildman–Crippen MR) is 60.7 cm³/mol. The fraction of sp³-hybridized carbons (Fsp3) is 0.364. The lowest BCUT2D eigenvalue weighted by Gasteiger charge is -2.04. The molecule has 16 heavy (non-hydrogen) atoms. The Kier molecular flexibility index (Phi) is 3.56. The van der Waals surface area contributed by atoms with Crippen LogP contribution in [0.1, 0.15) is 5.56 Å². The molecule has 0 aliphatic carbocycles. The van der Waals surface area contributed by atoms with E-state index >= 15 is 0 Å². The number of fused-ring (bicyclic) bond motifs is 1. The van der Waals surface area contributed by atoms with E-state index in [2.05, 4.69) is 0 Å². The van der Waals surface area contributed by atoms with Crippen LogP contribution in [-0.2, 0) is 16.1 Å². The minimum atomic E-state index is -0.204. The Morgan fingerprint density at radius 1 is 1.44 bits per heavy atom. The number of ether oxygens (including phenoxy) is 3. The highest BCUT2D eigenvalue weighted by molar-refractivity contribution is 7.99. The molecule has 0 atom stereocenters. The second-order valence-electron chi connectivity index (χ2n) is 3.28. The maximum Gasteiger partial charge on any atom is 0.316 e. The van der Waals surface area contributed by atoms with Gasteiger partial charge in [0.15, 0.2) is 11.5 Å². The average Bonchev–Trinajstić information content (AvgIpc) is 2.74. The summed E-state index contributed by atoms with van der Waals surface area (Å²) in [6, 6.07) is 5.51. The monoisotopic (exact) mass is 240 g/mol. The predicted octanol–water partition coefficient (Wildman–Crippen LogP) is 1.82. The number of hydrogen-bond acceptors (Lipinski definition) is 5. The number of benzene rings is 1. The molecule has 0 N–H and O–H groups in total. The Labute approximate surface area is 97.9 Å². The van der Waals surface area contributed by atoms with Gasteiger partial charge in [-0.1, -0.05) is 6.07 Å². The molecular formula is C11H12O4S. The van der Waals surface area contributed by atoms with Gasteiger partial charge >= 0.3 is 5.97 Å². The number of rotatable bonds is 4. The van der Waals surface area contributed by atoms with Crippen molar-refractivity contribution in [1.29, 1.82) is 0 Å². The molecule has 1 aromatic carbocycles. The Morgan fingerprint density at radius 2 is 2.25 bits per heavy atom. The van der Waals surface area contributed by atoms with Crippen LogP contribution in [0.25, 0.3) is 0 Å². The first-order valence-electron chi connectivity index (χ1n) is 4.82.